The summed E-state index contributed by atoms with van der Waals surface area (Å²) in [6, 6.07) is 9.88. The number of carbonyl (C=O) groups is 1. The number of aromatic nitrogens is 2. The molecule has 1 aromatic carbocycles. The molecule has 2 saturated heterocycles. The van der Waals surface area contributed by atoms with E-state index in [0.717, 1.165) is 47.1 Å². The summed E-state index contributed by atoms with van der Waals surface area (Å²) in [5, 5.41) is 1.17. The van der Waals surface area contributed by atoms with Crippen LogP contribution in [0.4, 0.5) is 0 Å². The van der Waals surface area contributed by atoms with Gasteiger partial charge >= 0.3 is 0 Å². The molecule has 0 saturated carbocycles. The van der Waals surface area contributed by atoms with Crippen molar-refractivity contribution in [2.75, 3.05) is 53.4 Å². The van der Waals surface area contributed by atoms with Crippen LogP contribution in [-0.2, 0) is 10.2 Å². The van der Waals surface area contributed by atoms with Crippen LogP contribution in [0.2, 0.25) is 5.15 Å². The van der Waals surface area contributed by atoms with E-state index in [9.17, 15) is 13.2 Å². The third-order valence-electron chi connectivity index (χ3n) is 7.86. The monoisotopic (exact) mass is 666 g/mol. The van der Waals surface area contributed by atoms with E-state index in [-0.39, 0.29) is 38.2 Å². The molecule has 0 unspecified atom stereocenters. The van der Waals surface area contributed by atoms with Gasteiger partial charge in [0.2, 0.25) is 0 Å². The highest BCUT2D eigenvalue weighted by molar-refractivity contribution is 9.10. The van der Waals surface area contributed by atoms with Gasteiger partial charge in [0.1, 0.15) is 22.7 Å². The van der Waals surface area contributed by atoms with Crippen LogP contribution in [0.1, 0.15) is 37.2 Å². The Morgan fingerprint density at radius 2 is 1.76 bits per heavy atom. The molecule has 2 fully saturated rings. The lowest BCUT2D eigenvalue weighted by Gasteiger charge is -2.35. The first-order valence-corrected chi connectivity index (χ1v) is 16.4. The largest absolute Gasteiger partial charge is 0.489 e. The Morgan fingerprint density at radius 1 is 1.07 bits per heavy atom. The summed E-state index contributed by atoms with van der Waals surface area (Å²) in [7, 11) is -0.520. The van der Waals surface area contributed by atoms with Crippen LogP contribution in [-0.4, -0.2) is 108 Å². The van der Waals surface area contributed by atoms with Crippen molar-refractivity contribution in [2.24, 2.45) is 0 Å². The number of nitrogens with zero attached hydrogens (tertiary/aromatic N) is 6. The van der Waals surface area contributed by atoms with Crippen LogP contribution >= 0.6 is 27.5 Å². The van der Waals surface area contributed by atoms with E-state index < -0.39 is 10.2 Å². The molecule has 1 amide bonds. The van der Waals surface area contributed by atoms with Gasteiger partial charge in [0, 0.05) is 71.0 Å². The Labute approximate surface area is 255 Å². The number of halogens is 2. The number of likely N-dealkylation sites (tertiary alicyclic amines) is 1. The number of fused-ring (bicyclic) bond motifs is 1. The Hall–Kier alpha value is -2.22. The normalized spacial score (nSPS) is 18.1. The maximum atomic E-state index is 13.9. The van der Waals surface area contributed by atoms with E-state index in [1.54, 1.807) is 17.2 Å². The van der Waals surface area contributed by atoms with Crippen molar-refractivity contribution in [1.29, 1.82) is 0 Å². The van der Waals surface area contributed by atoms with Gasteiger partial charge in [-0.2, -0.15) is 17.0 Å². The molecule has 222 valence electrons. The van der Waals surface area contributed by atoms with Gasteiger partial charge in [-0.15, -0.1) is 0 Å². The molecule has 5 rings (SSSR count). The lowest BCUT2D eigenvalue weighted by molar-refractivity contribution is 0.0687. The number of piperazine rings is 1. The topological polar surface area (TPSA) is 91.2 Å². The zero-order valence-corrected chi connectivity index (χ0v) is 26.9. The fourth-order valence-electron chi connectivity index (χ4n) is 5.47. The highest BCUT2D eigenvalue weighted by Gasteiger charge is 2.32. The molecule has 2 aliphatic rings. The number of hydrogen-bond acceptors (Lipinski definition) is 6. The van der Waals surface area contributed by atoms with Crippen molar-refractivity contribution in [1.82, 2.24) is 28.0 Å². The third kappa shape index (κ3) is 6.28. The standard InChI is InChI=1S/C28H36BrClN6O4S/c1-19(2)33-9-6-22(7-10-33)40-26-16-20-15-25(28(37)34-11-13-35(14-12-34)41(38,39)32(3)4)36(24(20)18-23(26)29)21-5-8-31-27(30)17-21/h5,8,15-19,22H,6-7,9-14H2,1-4H3. The molecule has 0 radical (unpaired) electrons. The predicted molar refractivity (Wildman–Crippen MR) is 164 cm³/mol. The van der Waals surface area contributed by atoms with E-state index in [1.807, 2.05) is 28.8 Å². The molecule has 13 heteroatoms. The first-order chi connectivity index (χ1) is 19.5. The number of benzene rings is 1. The molecule has 4 heterocycles. The first-order valence-electron chi connectivity index (χ1n) is 13.8. The zero-order chi connectivity index (χ0) is 29.5. The molecular formula is C28H36BrClN6O4S. The fourth-order valence-corrected chi connectivity index (χ4v) is 7.15. The second-order valence-electron chi connectivity index (χ2n) is 11.0. The van der Waals surface area contributed by atoms with Gasteiger partial charge in [0.25, 0.3) is 16.1 Å². The summed E-state index contributed by atoms with van der Waals surface area (Å²) < 4.78 is 36.9. The van der Waals surface area contributed by atoms with Crippen molar-refractivity contribution in [3.05, 3.63) is 51.8 Å². The van der Waals surface area contributed by atoms with Crippen molar-refractivity contribution < 1.29 is 17.9 Å². The smallest absolute Gasteiger partial charge is 0.281 e. The number of piperidine rings is 1. The summed E-state index contributed by atoms with van der Waals surface area (Å²) in [6.07, 6.45) is 3.64. The van der Waals surface area contributed by atoms with Crippen LogP contribution in [0.15, 0.2) is 41.0 Å². The maximum Gasteiger partial charge on any atom is 0.281 e. The average molecular weight is 668 g/mol. The highest BCUT2D eigenvalue weighted by Crippen LogP contribution is 2.36. The lowest BCUT2D eigenvalue weighted by Crippen LogP contribution is -2.53. The third-order valence-corrected chi connectivity index (χ3v) is 10.6. The molecule has 2 aromatic heterocycles. The number of ether oxygens (including phenoxy) is 1. The van der Waals surface area contributed by atoms with E-state index in [2.05, 4.69) is 39.7 Å². The van der Waals surface area contributed by atoms with Gasteiger partial charge in [-0.1, -0.05) is 11.6 Å². The van der Waals surface area contributed by atoms with Crippen molar-refractivity contribution in [2.45, 2.75) is 38.8 Å². The average Bonchev–Trinajstić information content (AvgIpc) is 3.31. The van der Waals surface area contributed by atoms with Crippen molar-refractivity contribution >= 4 is 54.6 Å². The second kappa shape index (κ2) is 12.2. The van der Waals surface area contributed by atoms with Crippen molar-refractivity contribution in [3.8, 4) is 11.4 Å². The number of pyridine rings is 1. The van der Waals surface area contributed by atoms with E-state index >= 15 is 0 Å². The van der Waals surface area contributed by atoms with Crippen molar-refractivity contribution in [3.63, 3.8) is 0 Å². The van der Waals surface area contributed by atoms with Gasteiger partial charge in [0.15, 0.2) is 0 Å². The van der Waals surface area contributed by atoms with Crippen LogP contribution in [0.5, 0.6) is 5.75 Å². The van der Waals surface area contributed by atoms with Gasteiger partial charge in [0.05, 0.1) is 15.7 Å². The minimum atomic E-state index is -3.54. The Bertz CT molecular complexity index is 1530. The van der Waals surface area contributed by atoms with Gasteiger partial charge in [-0.05, 0) is 73.0 Å². The van der Waals surface area contributed by atoms with E-state index in [1.165, 1.54) is 22.7 Å². The van der Waals surface area contributed by atoms with E-state index in [4.69, 9.17) is 16.3 Å². The van der Waals surface area contributed by atoms with Crippen LogP contribution in [0, 0.1) is 0 Å². The maximum absolute atomic E-state index is 13.9. The number of hydrogen-bond donors (Lipinski definition) is 0. The summed E-state index contributed by atoms with van der Waals surface area (Å²) in [6.45, 7) is 7.48. The van der Waals surface area contributed by atoms with Crippen LogP contribution in [0.3, 0.4) is 0 Å². The molecule has 2 aliphatic heterocycles. The second-order valence-corrected chi connectivity index (χ2v) is 14.4. The van der Waals surface area contributed by atoms with Gasteiger partial charge in [-0.3, -0.25) is 4.79 Å². The molecule has 0 atom stereocenters. The van der Waals surface area contributed by atoms with E-state index in [0.29, 0.717) is 22.6 Å². The molecule has 0 spiro atoms. The highest BCUT2D eigenvalue weighted by atomic mass is 79.9. The quantitative estimate of drug-likeness (QED) is 0.350. The molecule has 41 heavy (non-hydrogen) atoms. The lowest BCUT2D eigenvalue weighted by atomic mass is 10.1. The molecule has 0 bridgehead atoms. The molecular weight excluding hydrogens is 632 g/mol. The zero-order valence-electron chi connectivity index (χ0n) is 23.8. The first kappa shape index (κ1) is 30.2. The summed E-state index contributed by atoms with van der Waals surface area (Å²) in [4.78, 5) is 22.2. The van der Waals surface area contributed by atoms with Crippen LogP contribution < -0.4 is 4.74 Å². The minimum absolute atomic E-state index is 0.121. The SMILES string of the molecule is CC(C)N1CCC(Oc2cc3cc(C(=O)N4CCN(S(=O)(=O)N(C)C)CC4)n(-c4ccnc(Cl)c4)c3cc2Br)CC1. The molecule has 0 aliphatic carbocycles. The molecule has 3 aromatic rings. The summed E-state index contributed by atoms with van der Waals surface area (Å²) in [5.74, 6) is 0.558. The summed E-state index contributed by atoms with van der Waals surface area (Å²) in [5.41, 5.74) is 1.98. The van der Waals surface area contributed by atoms with Gasteiger partial charge in [-0.25, -0.2) is 4.98 Å². The van der Waals surface area contributed by atoms with Gasteiger partial charge < -0.3 is 19.1 Å². The minimum Gasteiger partial charge on any atom is -0.489 e. The number of amides is 1. The number of carbonyl (C=O) groups excluding carboxylic acids is 1. The Kier molecular flexibility index (Phi) is 8.98. The molecule has 10 nitrogen and oxygen atoms in total. The Balaban J connectivity index is 1.46. The molecule has 0 N–H and O–H groups in total. The number of rotatable bonds is 7. The fraction of sp³-hybridized carbons (Fsp3) is 0.500. The van der Waals surface area contributed by atoms with Crippen LogP contribution in [0.25, 0.3) is 16.6 Å². The predicted octanol–water partition coefficient (Wildman–Crippen LogP) is 4.26. The summed E-state index contributed by atoms with van der Waals surface area (Å²) >= 11 is 9.96. The Morgan fingerprint density at radius 3 is 2.37 bits per heavy atom.